The van der Waals surface area contributed by atoms with Crippen molar-refractivity contribution in [3.05, 3.63) is 39.5 Å². The Hall–Kier alpha value is -2.23. The molecule has 4 nitrogen and oxygen atoms in total. The molecule has 1 aliphatic heterocycles. The van der Waals surface area contributed by atoms with Crippen molar-refractivity contribution in [2.75, 3.05) is 0 Å². The molecule has 0 radical (unpaired) electrons. The predicted octanol–water partition coefficient (Wildman–Crippen LogP) is 3.93. The van der Waals surface area contributed by atoms with Gasteiger partial charge in [0, 0.05) is 23.0 Å². The lowest BCUT2D eigenvalue weighted by molar-refractivity contribution is 0.103. The van der Waals surface area contributed by atoms with E-state index in [2.05, 4.69) is 6.92 Å². The average Bonchev–Trinajstić information content (AvgIpc) is 2.92. The minimum atomic E-state index is -0.487. The number of phenols is 2. The number of hydrogen-bond acceptors (Lipinski definition) is 4. The highest BCUT2D eigenvalue weighted by atomic mass is 16.5. The molecule has 4 heteroatoms. The number of carbonyl (C=O) groups excluding carboxylic acids is 1. The minimum Gasteiger partial charge on any atom is -0.507 e. The van der Waals surface area contributed by atoms with Crippen LogP contribution in [0.1, 0.15) is 62.0 Å². The molecule has 0 fully saturated rings. The van der Waals surface area contributed by atoms with E-state index in [1.807, 2.05) is 20.8 Å². The summed E-state index contributed by atoms with van der Waals surface area (Å²) >= 11 is 0. The fourth-order valence-corrected chi connectivity index (χ4v) is 4.51. The van der Waals surface area contributed by atoms with Gasteiger partial charge in [-0.1, -0.05) is 12.5 Å². The molecule has 1 heterocycles. The predicted molar refractivity (Wildman–Crippen MR) is 90.9 cm³/mol. The number of rotatable bonds is 0. The molecule has 1 aromatic rings. The lowest BCUT2D eigenvalue weighted by Gasteiger charge is -2.42. The summed E-state index contributed by atoms with van der Waals surface area (Å²) in [5.74, 6) is 0.114. The van der Waals surface area contributed by atoms with Crippen molar-refractivity contribution in [3.63, 3.8) is 0 Å². The third kappa shape index (κ3) is 1.71. The Morgan fingerprint density at radius 3 is 2.67 bits per heavy atom. The van der Waals surface area contributed by atoms with E-state index in [9.17, 15) is 15.0 Å². The maximum Gasteiger partial charge on any atom is 0.190 e. The second-order valence-corrected chi connectivity index (χ2v) is 7.55. The molecule has 2 aliphatic carbocycles. The van der Waals surface area contributed by atoms with Gasteiger partial charge in [-0.2, -0.15) is 0 Å². The first kappa shape index (κ1) is 15.3. The zero-order valence-electron chi connectivity index (χ0n) is 14.5. The number of hydrogen-bond donors (Lipinski definition) is 2. The zero-order chi connectivity index (χ0) is 17.4. The van der Waals surface area contributed by atoms with Crippen molar-refractivity contribution < 1.29 is 19.7 Å². The van der Waals surface area contributed by atoms with Crippen molar-refractivity contribution in [3.8, 4) is 17.2 Å². The number of ether oxygens (including phenoxy) is 1. The van der Waals surface area contributed by atoms with Gasteiger partial charge in [-0.3, -0.25) is 4.79 Å². The highest BCUT2D eigenvalue weighted by molar-refractivity contribution is 6.12. The van der Waals surface area contributed by atoms with Gasteiger partial charge in [0.15, 0.2) is 17.3 Å². The van der Waals surface area contributed by atoms with Gasteiger partial charge in [0.2, 0.25) is 0 Å². The number of phenolic OH excluding ortho intramolecular Hbond substituents is 2. The van der Waals surface area contributed by atoms with E-state index in [-0.39, 0.29) is 28.9 Å². The molecule has 24 heavy (non-hydrogen) atoms. The molecule has 0 amide bonds. The first-order valence-corrected chi connectivity index (χ1v) is 8.46. The Labute approximate surface area is 141 Å². The van der Waals surface area contributed by atoms with Crippen LogP contribution in [0.2, 0.25) is 0 Å². The maximum atomic E-state index is 12.8. The molecule has 126 valence electrons. The van der Waals surface area contributed by atoms with Crippen LogP contribution in [-0.4, -0.2) is 22.1 Å². The van der Waals surface area contributed by atoms with Gasteiger partial charge in [-0.05, 0) is 50.8 Å². The number of benzene rings is 1. The molecule has 2 atom stereocenters. The first-order valence-electron chi connectivity index (χ1n) is 8.46. The largest absolute Gasteiger partial charge is 0.507 e. The topological polar surface area (TPSA) is 66.8 Å². The molecule has 0 unspecified atom stereocenters. The van der Waals surface area contributed by atoms with Crippen molar-refractivity contribution in [2.24, 2.45) is 0 Å². The molecular weight excluding hydrogens is 304 g/mol. The molecule has 0 aromatic heterocycles. The lowest BCUT2D eigenvalue weighted by Crippen LogP contribution is -2.34. The summed E-state index contributed by atoms with van der Waals surface area (Å²) in [6.07, 6.45) is 3.73. The first-order chi connectivity index (χ1) is 11.3. The minimum absolute atomic E-state index is 0.0207. The van der Waals surface area contributed by atoms with E-state index in [1.165, 1.54) is 5.57 Å². The Bertz CT molecular complexity index is 859. The van der Waals surface area contributed by atoms with Gasteiger partial charge in [0.1, 0.15) is 11.9 Å². The van der Waals surface area contributed by atoms with Crippen LogP contribution in [0.4, 0.5) is 0 Å². The summed E-state index contributed by atoms with van der Waals surface area (Å²) < 4.78 is 5.74. The average molecular weight is 326 g/mol. The SMILES string of the molecule is CC1=C(C)C2=CC(=O)c3c(O)c4c(c(O)c3[C@@]2(C)CC1)O[C@@H](C)C4. The fraction of sp³-hybridized carbons (Fsp3) is 0.450. The molecular formula is C20H22O4. The molecule has 0 saturated heterocycles. The van der Waals surface area contributed by atoms with Gasteiger partial charge >= 0.3 is 0 Å². The van der Waals surface area contributed by atoms with Crippen LogP contribution in [0.25, 0.3) is 0 Å². The number of ketones is 1. The third-order valence-electron chi connectivity index (χ3n) is 6.02. The van der Waals surface area contributed by atoms with E-state index in [4.69, 9.17) is 4.74 Å². The van der Waals surface area contributed by atoms with Crippen LogP contribution in [-0.2, 0) is 11.8 Å². The van der Waals surface area contributed by atoms with E-state index in [1.54, 1.807) is 6.08 Å². The van der Waals surface area contributed by atoms with Crippen LogP contribution >= 0.6 is 0 Å². The van der Waals surface area contributed by atoms with Crippen LogP contribution in [0.5, 0.6) is 17.2 Å². The summed E-state index contributed by atoms with van der Waals surface area (Å²) in [5, 5.41) is 21.7. The van der Waals surface area contributed by atoms with Crippen LogP contribution in [0.3, 0.4) is 0 Å². The number of allylic oxidation sites excluding steroid dienone is 4. The molecule has 0 bridgehead atoms. The lowest BCUT2D eigenvalue weighted by atomic mass is 9.61. The monoisotopic (exact) mass is 326 g/mol. The Morgan fingerprint density at radius 1 is 1.25 bits per heavy atom. The van der Waals surface area contributed by atoms with Crippen LogP contribution < -0.4 is 4.74 Å². The van der Waals surface area contributed by atoms with E-state index >= 15 is 0 Å². The summed E-state index contributed by atoms with van der Waals surface area (Å²) in [7, 11) is 0. The number of aromatic hydroxyl groups is 2. The van der Waals surface area contributed by atoms with Crippen molar-refractivity contribution >= 4 is 5.78 Å². The second-order valence-electron chi connectivity index (χ2n) is 7.55. The van der Waals surface area contributed by atoms with Gasteiger partial charge in [-0.25, -0.2) is 0 Å². The zero-order valence-corrected chi connectivity index (χ0v) is 14.5. The Kier molecular flexibility index (Phi) is 2.97. The van der Waals surface area contributed by atoms with Crippen molar-refractivity contribution in [1.82, 2.24) is 0 Å². The number of carbonyl (C=O) groups is 1. The highest BCUT2D eigenvalue weighted by Gasteiger charge is 2.46. The summed E-state index contributed by atoms with van der Waals surface area (Å²) in [4.78, 5) is 12.8. The van der Waals surface area contributed by atoms with Crippen molar-refractivity contribution in [2.45, 2.75) is 58.5 Å². The maximum absolute atomic E-state index is 12.8. The number of fused-ring (bicyclic) bond motifs is 4. The van der Waals surface area contributed by atoms with Gasteiger partial charge in [0.05, 0.1) is 5.56 Å². The molecule has 4 rings (SSSR count). The second kappa shape index (κ2) is 4.65. The van der Waals surface area contributed by atoms with E-state index in [0.717, 1.165) is 24.0 Å². The third-order valence-corrected chi connectivity index (χ3v) is 6.02. The molecule has 3 aliphatic rings. The quantitative estimate of drug-likeness (QED) is 0.709. The normalized spacial score (nSPS) is 28.1. The molecule has 0 spiro atoms. The Morgan fingerprint density at radius 2 is 1.96 bits per heavy atom. The molecule has 2 N–H and O–H groups in total. The molecule has 1 aromatic carbocycles. The van der Waals surface area contributed by atoms with Gasteiger partial charge in [0.25, 0.3) is 0 Å². The van der Waals surface area contributed by atoms with Crippen LogP contribution in [0, 0.1) is 0 Å². The van der Waals surface area contributed by atoms with Gasteiger partial charge < -0.3 is 14.9 Å². The highest BCUT2D eigenvalue weighted by Crippen LogP contribution is 2.58. The fourth-order valence-electron chi connectivity index (χ4n) is 4.51. The summed E-state index contributed by atoms with van der Waals surface area (Å²) in [6, 6.07) is 0. The van der Waals surface area contributed by atoms with Crippen molar-refractivity contribution in [1.29, 1.82) is 0 Å². The Balaban J connectivity index is 2.06. The van der Waals surface area contributed by atoms with Gasteiger partial charge in [-0.15, -0.1) is 0 Å². The molecule has 0 saturated carbocycles. The van der Waals surface area contributed by atoms with E-state index in [0.29, 0.717) is 23.3 Å². The van der Waals surface area contributed by atoms with Crippen LogP contribution in [0.15, 0.2) is 22.8 Å². The standard InChI is InChI=1S/C20H22O4/c1-9-5-6-20(4)13(11(9)3)8-14(21)15-16(20)18(23)19-12(17(15)22)7-10(2)24-19/h8,10,22-23H,5-7H2,1-4H3/t10-,20-/m0/s1. The summed E-state index contributed by atoms with van der Waals surface area (Å²) in [6.45, 7) is 8.05. The van der Waals surface area contributed by atoms with E-state index < -0.39 is 5.41 Å². The summed E-state index contributed by atoms with van der Waals surface area (Å²) in [5.41, 5.74) is 4.17. The smallest absolute Gasteiger partial charge is 0.190 e.